The van der Waals surface area contributed by atoms with Crippen LogP contribution in [-0.2, 0) is 22.4 Å². The average molecular weight is 464 g/mol. The number of benzene rings is 2. The average Bonchev–Trinajstić information content (AvgIpc) is 3.21. The highest BCUT2D eigenvalue weighted by molar-refractivity contribution is 5.97. The first-order chi connectivity index (χ1) is 16.4. The molecule has 0 fully saturated rings. The third-order valence-electron chi connectivity index (χ3n) is 5.89. The standard InChI is InChI=1S/C26H33N5O3/c27-13-7-6-10-20(17-32)30-25(33)22(28)15-19-16-31(24-12-5-4-11-21(19)24)26(34)23(29)14-18-8-2-1-3-9-18/h1-5,8-9,11-12,16-17,20,22-23H,6-7,10,13-15,27-29H2,(H,30,33)/t20-,22+,23-/m0/s1. The van der Waals surface area contributed by atoms with E-state index in [1.54, 1.807) is 10.8 Å². The predicted octanol–water partition coefficient (Wildman–Crippen LogP) is 1.53. The van der Waals surface area contributed by atoms with E-state index in [2.05, 4.69) is 5.32 Å². The van der Waals surface area contributed by atoms with Crippen molar-refractivity contribution in [3.63, 3.8) is 0 Å². The van der Waals surface area contributed by atoms with E-state index in [0.717, 1.165) is 35.6 Å². The number of rotatable bonds is 12. The van der Waals surface area contributed by atoms with Crippen LogP contribution in [0.2, 0.25) is 0 Å². The summed E-state index contributed by atoms with van der Waals surface area (Å²) in [7, 11) is 0. The van der Waals surface area contributed by atoms with E-state index < -0.39 is 24.0 Å². The van der Waals surface area contributed by atoms with E-state index in [1.165, 1.54) is 0 Å². The highest BCUT2D eigenvalue weighted by Gasteiger charge is 2.23. The molecule has 34 heavy (non-hydrogen) atoms. The second-order valence-electron chi connectivity index (χ2n) is 8.52. The molecule has 0 spiro atoms. The Morgan fingerprint density at radius 3 is 2.35 bits per heavy atom. The molecule has 7 N–H and O–H groups in total. The van der Waals surface area contributed by atoms with Gasteiger partial charge in [0, 0.05) is 11.6 Å². The van der Waals surface area contributed by atoms with Crippen LogP contribution in [0.25, 0.3) is 10.9 Å². The number of unbranched alkanes of at least 4 members (excludes halogenated alkanes) is 1. The lowest BCUT2D eigenvalue weighted by Crippen LogP contribution is -2.47. The highest BCUT2D eigenvalue weighted by Crippen LogP contribution is 2.23. The van der Waals surface area contributed by atoms with Gasteiger partial charge in [-0.05, 0) is 55.8 Å². The number of nitrogens with zero attached hydrogens (tertiary/aromatic N) is 1. The van der Waals surface area contributed by atoms with Gasteiger partial charge in [0.1, 0.15) is 6.29 Å². The normalized spacial score (nSPS) is 13.9. The number of carbonyl (C=O) groups excluding carboxylic acids is 3. The minimum atomic E-state index is -0.871. The third-order valence-corrected chi connectivity index (χ3v) is 5.89. The molecule has 3 rings (SSSR count). The molecular weight excluding hydrogens is 430 g/mol. The molecule has 1 amide bonds. The molecule has 0 unspecified atom stereocenters. The van der Waals surface area contributed by atoms with Crippen LogP contribution in [-0.4, -0.2) is 47.3 Å². The van der Waals surface area contributed by atoms with Gasteiger partial charge in [-0.3, -0.25) is 14.2 Å². The van der Waals surface area contributed by atoms with Crippen LogP contribution in [0.1, 0.15) is 35.2 Å². The van der Waals surface area contributed by atoms with E-state index >= 15 is 0 Å². The zero-order valence-corrected chi connectivity index (χ0v) is 19.2. The quantitative estimate of drug-likeness (QED) is 0.237. The number of nitrogens with two attached hydrogens (primary N) is 3. The smallest absolute Gasteiger partial charge is 0.248 e. The Labute approximate surface area is 199 Å². The maximum atomic E-state index is 13.2. The Hall–Kier alpha value is -3.33. The zero-order chi connectivity index (χ0) is 24.5. The van der Waals surface area contributed by atoms with E-state index in [9.17, 15) is 14.4 Å². The number of aldehydes is 1. The molecule has 0 aliphatic rings. The van der Waals surface area contributed by atoms with Crippen molar-refractivity contribution in [2.24, 2.45) is 17.2 Å². The lowest BCUT2D eigenvalue weighted by Gasteiger charge is -2.16. The van der Waals surface area contributed by atoms with Crippen LogP contribution in [0.5, 0.6) is 0 Å². The van der Waals surface area contributed by atoms with Gasteiger partial charge in [-0.2, -0.15) is 0 Å². The molecule has 0 saturated carbocycles. The van der Waals surface area contributed by atoms with Gasteiger partial charge in [0.25, 0.3) is 0 Å². The summed E-state index contributed by atoms with van der Waals surface area (Å²) in [6.45, 7) is 0.539. The van der Waals surface area contributed by atoms with Crippen LogP contribution in [0.3, 0.4) is 0 Å². The first-order valence-electron chi connectivity index (χ1n) is 11.6. The van der Waals surface area contributed by atoms with Gasteiger partial charge in [0.15, 0.2) is 0 Å². The first-order valence-corrected chi connectivity index (χ1v) is 11.6. The molecule has 1 heterocycles. The minimum Gasteiger partial charge on any atom is -0.345 e. The van der Waals surface area contributed by atoms with Crippen molar-refractivity contribution in [1.29, 1.82) is 0 Å². The van der Waals surface area contributed by atoms with Crippen LogP contribution in [0.4, 0.5) is 0 Å². The summed E-state index contributed by atoms with van der Waals surface area (Å²) in [4.78, 5) is 37.1. The van der Waals surface area contributed by atoms with Crippen LogP contribution in [0, 0.1) is 0 Å². The zero-order valence-electron chi connectivity index (χ0n) is 19.2. The van der Waals surface area contributed by atoms with E-state index in [0.29, 0.717) is 24.9 Å². The van der Waals surface area contributed by atoms with E-state index in [-0.39, 0.29) is 12.3 Å². The molecule has 180 valence electrons. The summed E-state index contributed by atoms with van der Waals surface area (Å²) in [5.41, 5.74) is 20.4. The number of hydrogen-bond donors (Lipinski definition) is 4. The van der Waals surface area contributed by atoms with E-state index in [4.69, 9.17) is 17.2 Å². The Bertz CT molecular complexity index is 1110. The SMILES string of the molecule is NCCCC[C@@H](C=O)NC(=O)[C@H](N)Cc1cn(C(=O)[C@@H](N)Cc2ccccc2)c2ccccc12. The van der Waals surface area contributed by atoms with Gasteiger partial charge in [-0.15, -0.1) is 0 Å². The summed E-state index contributed by atoms with van der Waals surface area (Å²) in [6, 6.07) is 14.9. The highest BCUT2D eigenvalue weighted by atomic mass is 16.2. The van der Waals surface area contributed by atoms with Crippen LogP contribution in [0.15, 0.2) is 60.8 Å². The minimum absolute atomic E-state index is 0.217. The molecule has 0 aliphatic heterocycles. The Kier molecular flexibility index (Phi) is 9.09. The number of amides is 1. The maximum absolute atomic E-state index is 13.2. The van der Waals surface area contributed by atoms with Crippen LogP contribution >= 0.6 is 0 Å². The fraction of sp³-hybridized carbons (Fsp3) is 0.346. The van der Waals surface area contributed by atoms with Gasteiger partial charge in [0.2, 0.25) is 11.8 Å². The summed E-state index contributed by atoms with van der Waals surface area (Å²) < 4.78 is 1.55. The van der Waals surface area contributed by atoms with Gasteiger partial charge in [-0.1, -0.05) is 48.5 Å². The van der Waals surface area contributed by atoms with Gasteiger partial charge >= 0.3 is 0 Å². The summed E-state index contributed by atoms with van der Waals surface area (Å²) in [5, 5.41) is 3.54. The number of aromatic nitrogens is 1. The fourth-order valence-corrected chi connectivity index (χ4v) is 4.03. The van der Waals surface area contributed by atoms with Crippen molar-refractivity contribution in [3.8, 4) is 0 Å². The lowest BCUT2D eigenvalue weighted by atomic mass is 10.0. The second kappa shape index (κ2) is 12.2. The Morgan fingerprint density at radius 1 is 0.941 bits per heavy atom. The molecule has 3 atom stereocenters. The van der Waals surface area contributed by atoms with Gasteiger partial charge < -0.3 is 27.3 Å². The molecule has 3 aromatic rings. The number of carbonyl (C=O) groups is 3. The molecule has 0 saturated heterocycles. The molecule has 0 aliphatic carbocycles. The van der Waals surface area contributed by atoms with Crippen LogP contribution < -0.4 is 22.5 Å². The summed E-state index contributed by atoms with van der Waals surface area (Å²) in [6.07, 6.45) is 5.12. The van der Waals surface area contributed by atoms with Crippen molar-refractivity contribution in [2.45, 2.75) is 50.2 Å². The van der Waals surface area contributed by atoms with Crippen molar-refractivity contribution in [1.82, 2.24) is 9.88 Å². The molecule has 1 aromatic heterocycles. The fourth-order valence-electron chi connectivity index (χ4n) is 4.03. The van der Waals surface area contributed by atoms with Crippen molar-refractivity contribution >= 4 is 29.0 Å². The first kappa shape index (κ1) is 25.3. The summed E-state index contributed by atoms with van der Waals surface area (Å²) >= 11 is 0. The Morgan fingerprint density at radius 2 is 1.65 bits per heavy atom. The number of para-hydroxylation sites is 1. The second-order valence-corrected chi connectivity index (χ2v) is 8.52. The monoisotopic (exact) mass is 463 g/mol. The maximum Gasteiger partial charge on any atom is 0.248 e. The molecule has 8 heteroatoms. The summed E-state index contributed by atoms with van der Waals surface area (Å²) in [5.74, 6) is -0.640. The molecule has 2 aromatic carbocycles. The van der Waals surface area contributed by atoms with E-state index in [1.807, 2.05) is 54.6 Å². The van der Waals surface area contributed by atoms with Gasteiger partial charge in [0.05, 0.1) is 23.6 Å². The molecule has 0 bridgehead atoms. The Balaban J connectivity index is 1.74. The number of hydrogen-bond acceptors (Lipinski definition) is 6. The van der Waals surface area contributed by atoms with Crippen molar-refractivity contribution < 1.29 is 14.4 Å². The predicted molar refractivity (Wildman–Crippen MR) is 133 cm³/mol. The molecule has 0 radical (unpaired) electrons. The third kappa shape index (κ3) is 6.38. The van der Waals surface area contributed by atoms with Crippen molar-refractivity contribution in [2.75, 3.05) is 6.54 Å². The topological polar surface area (TPSA) is 146 Å². The molecular formula is C26H33N5O3. The number of fused-ring (bicyclic) bond motifs is 1. The number of nitrogens with one attached hydrogen (secondary N) is 1. The largest absolute Gasteiger partial charge is 0.345 e. The lowest BCUT2D eigenvalue weighted by molar-refractivity contribution is -0.125. The molecule has 8 nitrogen and oxygen atoms in total. The van der Waals surface area contributed by atoms with Gasteiger partial charge in [-0.25, -0.2) is 0 Å². The van der Waals surface area contributed by atoms with Crippen molar-refractivity contribution in [3.05, 3.63) is 71.9 Å².